The van der Waals surface area contributed by atoms with E-state index in [9.17, 15) is 8.42 Å². The summed E-state index contributed by atoms with van der Waals surface area (Å²) in [5.74, 6) is 0. The Labute approximate surface area is 95.0 Å². The lowest BCUT2D eigenvalue weighted by Gasteiger charge is -2.05. The van der Waals surface area contributed by atoms with Crippen LogP contribution in [-0.4, -0.2) is 26.8 Å². The normalized spacial score (nSPS) is 12.5. The van der Waals surface area contributed by atoms with Gasteiger partial charge in [-0.15, -0.1) is 0 Å². The van der Waals surface area contributed by atoms with Gasteiger partial charge in [-0.25, -0.2) is 12.7 Å². The van der Waals surface area contributed by atoms with Crippen molar-refractivity contribution in [2.75, 3.05) is 14.1 Å². The molecule has 1 rings (SSSR count). The maximum absolute atomic E-state index is 11.4. The highest BCUT2D eigenvalue weighted by molar-refractivity contribution is 7.92. The van der Waals surface area contributed by atoms with E-state index in [1.54, 1.807) is 24.3 Å². The Morgan fingerprint density at radius 3 is 2.20 bits per heavy atom. The molecule has 0 spiro atoms. The summed E-state index contributed by atoms with van der Waals surface area (Å²) in [5, 5.41) is 1.79. The number of hydrogen-bond donors (Lipinski definition) is 0. The molecule has 0 aliphatic heterocycles. The second kappa shape index (κ2) is 4.79. The van der Waals surface area contributed by atoms with E-state index in [1.807, 2.05) is 0 Å². The molecule has 82 valence electrons. The van der Waals surface area contributed by atoms with Gasteiger partial charge < -0.3 is 0 Å². The summed E-state index contributed by atoms with van der Waals surface area (Å²) in [6, 6.07) is 6.93. The maximum atomic E-state index is 11.4. The largest absolute Gasteiger partial charge is 0.235 e. The summed E-state index contributed by atoms with van der Waals surface area (Å²) < 4.78 is 23.9. The number of halogens is 1. The molecule has 5 heteroatoms. The lowest BCUT2D eigenvalue weighted by atomic mass is 10.2. The van der Waals surface area contributed by atoms with Crippen LogP contribution in [0.15, 0.2) is 29.7 Å². The monoisotopic (exact) mass is 245 g/mol. The molecular formula is C10H12ClNO2S. The van der Waals surface area contributed by atoms with Gasteiger partial charge in [0.2, 0.25) is 10.0 Å². The van der Waals surface area contributed by atoms with Crippen LogP contribution in [0.1, 0.15) is 5.56 Å². The molecular weight excluding hydrogens is 234 g/mol. The van der Waals surface area contributed by atoms with Gasteiger partial charge in [0.25, 0.3) is 0 Å². The van der Waals surface area contributed by atoms with Crippen molar-refractivity contribution in [3.8, 4) is 0 Å². The highest BCUT2D eigenvalue weighted by Gasteiger charge is 2.07. The fourth-order valence-electron chi connectivity index (χ4n) is 0.860. The van der Waals surface area contributed by atoms with Crippen molar-refractivity contribution in [3.05, 3.63) is 40.3 Å². The minimum atomic E-state index is -3.29. The molecule has 1 aromatic carbocycles. The highest BCUT2D eigenvalue weighted by Crippen LogP contribution is 2.11. The van der Waals surface area contributed by atoms with Crippen LogP contribution in [0.4, 0.5) is 0 Å². The molecule has 3 nitrogen and oxygen atoms in total. The van der Waals surface area contributed by atoms with E-state index in [4.69, 9.17) is 11.6 Å². The molecule has 0 aromatic heterocycles. The molecule has 1 aromatic rings. The molecule has 0 atom stereocenters. The molecule has 0 radical (unpaired) electrons. The SMILES string of the molecule is CN(C)S(=O)(=O)/C=C\c1ccc(Cl)cc1. The second-order valence-corrected chi connectivity index (χ2v) is 5.65. The van der Waals surface area contributed by atoms with Crippen LogP contribution < -0.4 is 0 Å². The lowest BCUT2D eigenvalue weighted by molar-refractivity contribution is 0.531. The van der Waals surface area contributed by atoms with Crippen LogP contribution in [0.25, 0.3) is 6.08 Å². The Morgan fingerprint density at radius 2 is 1.73 bits per heavy atom. The zero-order valence-corrected chi connectivity index (χ0v) is 10.1. The van der Waals surface area contributed by atoms with Gasteiger partial charge in [0.1, 0.15) is 0 Å². The summed E-state index contributed by atoms with van der Waals surface area (Å²) in [7, 11) is -0.311. The zero-order valence-electron chi connectivity index (χ0n) is 8.51. The average Bonchev–Trinajstić information content (AvgIpc) is 2.17. The first-order valence-corrected chi connectivity index (χ1v) is 6.16. The number of hydrogen-bond acceptors (Lipinski definition) is 2. The van der Waals surface area contributed by atoms with Gasteiger partial charge in [-0.1, -0.05) is 23.7 Å². The first-order chi connectivity index (χ1) is 6.92. The molecule has 15 heavy (non-hydrogen) atoms. The van der Waals surface area contributed by atoms with Gasteiger partial charge in [-0.2, -0.15) is 0 Å². The van der Waals surface area contributed by atoms with Gasteiger partial charge in [-0.05, 0) is 23.8 Å². The fraction of sp³-hybridized carbons (Fsp3) is 0.200. The molecule has 0 unspecified atom stereocenters. The van der Waals surface area contributed by atoms with Crippen molar-refractivity contribution in [1.82, 2.24) is 4.31 Å². The summed E-state index contributed by atoms with van der Waals surface area (Å²) in [6.45, 7) is 0. The minimum Gasteiger partial charge on any atom is -0.208 e. The van der Waals surface area contributed by atoms with E-state index in [2.05, 4.69) is 0 Å². The third-order valence-corrected chi connectivity index (χ3v) is 3.56. The molecule has 0 saturated heterocycles. The van der Waals surface area contributed by atoms with Gasteiger partial charge in [0, 0.05) is 24.5 Å². The molecule has 0 aliphatic carbocycles. The van der Waals surface area contributed by atoms with Crippen molar-refractivity contribution >= 4 is 27.7 Å². The maximum Gasteiger partial charge on any atom is 0.235 e. The van der Waals surface area contributed by atoms with Crippen LogP contribution >= 0.6 is 11.6 Å². The number of sulfonamides is 1. The third kappa shape index (κ3) is 3.66. The van der Waals surface area contributed by atoms with Crippen molar-refractivity contribution in [3.63, 3.8) is 0 Å². The van der Waals surface area contributed by atoms with Gasteiger partial charge in [-0.3, -0.25) is 0 Å². The number of nitrogens with zero attached hydrogens (tertiary/aromatic N) is 1. The second-order valence-electron chi connectivity index (χ2n) is 3.18. The average molecular weight is 246 g/mol. The number of rotatable bonds is 3. The van der Waals surface area contributed by atoms with Crippen LogP contribution in [0.2, 0.25) is 5.02 Å². The van der Waals surface area contributed by atoms with E-state index < -0.39 is 10.0 Å². The topological polar surface area (TPSA) is 37.4 Å². The van der Waals surface area contributed by atoms with Gasteiger partial charge in [0.15, 0.2) is 0 Å². The molecule has 0 bridgehead atoms. The van der Waals surface area contributed by atoms with E-state index in [0.717, 1.165) is 15.3 Å². The van der Waals surface area contributed by atoms with E-state index in [1.165, 1.54) is 20.2 Å². The van der Waals surface area contributed by atoms with Crippen LogP contribution in [-0.2, 0) is 10.0 Å². The zero-order chi connectivity index (χ0) is 11.5. The Morgan fingerprint density at radius 1 is 1.20 bits per heavy atom. The van der Waals surface area contributed by atoms with Crippen LogP contribution in [0.5, 0.6) is 0 Å². The standard InChI is InChI=1S/C10H12ClNO2S/c1-12(2)15(13,14)8-7-9-3-5-10(11)6-4-9/h3-8H,1-2H3/b8-7-. The van der Waals surface area contributed by atoms with Crippen molar-refractivity contribution < 1.29 is 8.42 Å². The predicted octanol–water partition coefficient (Wildman–Crippen LogP) is 2.20. The van der Waals surface area contributed by atoms with E-state index >= 15 is 0 Å². The first kappa shape index (κ1) is 12.2. The van der Waals surface area contributed by atoms with Crippen LogP contribution in [0, 0.1) is 0 Å². The molecule has 0 N–H and O–H groups in total. The Kier molecular flexibility index (Phi) is 3.90. The first-order valence-electron chi connectivity index (χ1n) is 4.28. The fourth-order valence-corrected chi connectivity index (χ4v) is 1.56. The Bertz CT molecular complexity index is 449. The van der Waals surface area contributed by atoms with Crippen molar-refractivity contribution in [2.45, 2.75) is 0 Å². The highest BCUT2D eigenvalue weighted by atomic mass is 35.5. The van der Waals surface area contributed by atoms with Crippen LogP contribution in [0.3, 0.4) is 0 Å². The molecule has 0 heterocycles. The Balaban J connectivity index is 2.87. The number of benzene rings is 1. The van der Waals surface area contributed by atoms with Gasteiger partial charge in [0.05, 0.1) is 0 Å². The van der Waals surface area contributed by atoms with Crippen molar-refractivity contribution in [2.24, 2.45) is 0 Å². The Hall–Kier alpha value is -0.840. The molecule has 0 aliphatic rings. The molecule has 0 amide bonds. The summed E-state index contributed by atoms with van der Waals surface area (Å²) in [5.41, 5.74) is 0.796. The van der Waals surface area contributed by atoms with E-state index in [-0.39, 0.29) is 0 Å². The third-order valence-electron chi connectivity index (χ3n) is 1.81. The lowest BCUT2D eigenvalue weighted by Crippen LogP contribution is -2.19. The summed E-state index contributed by atoms with van der Waals surface area (Å²) >= 11 is 5.70. The smallest absolute Gasteiger partial charge is 0.208 e. The summed E-state index contributed by atoms with van der Waals surface area (Å²) in [4.78, 5) is 0. The molecule has 0 fully saturated rings. The van der Waals surface area contributed by atoms with Gasteiger partial charge >= 0.3 is 0 Å². The van der Waals surface area contributed by atoms with E-state index in [0.29, 0.717) is 5.02 Å². The minimum absolute atomic E-state index is 0.627. The predicted molar refractivity (Wildman–Crippen MR) is 63.1 cm³/mol. The quantitative estimate of drug-likeness (QED) is 0.819. The molecule has 0 saturated carbocycles. The van der Waals surface area contributed by atoms with Crippen molar-refractivity contribution in [1.29, 1.82) is 0 Å². The summed E-state index contributed by atoms with van der Waals surface area (Å²) in [6.07, 6.45) is 1.53.